The number of benzene rings is 3. The summed E-state index contributed by atoms with van der Waals surface area (Å²) in [5.41, 5.74) is 2.50. The summed E-state index contributed by atoms with van der Waals surface area (Å²) in [5, 5.41) is 10.9. The molecule has 34 heavy (non-hydrogen) atoms. The quantitative estimate of drug-likeness (QED) is 0.310. The number of carbonyl (C=O) groups is 1. The van der Waals surface area contributed by atoms with Crippen molar-refractivity contribution in [2.45, 2.75) is 12.5 Å². The largest absolute Gasteiger partial charge is 0.493 e. The van der Waals surface area contributed by atoms with Crippen LogP contribution in [0.5, 0.6) is 17.2 Å². The Kier molecular flexibility index (Phi) is 7.02. The van der Waals surface area contributed by atoms with E-state index in [0.717, 1.165) is 11.1 Å². The maximum atomic E-state index is 13.6. The molecular formula is C25H23BrN2O6. The molecule has 3 aromatic carbocycles. The summed E-state index contributed by atoms with van der Waals surface area (Å²) in [6.07, 6.45) is 0.653. The molecule has 0 N–H and O–H groups in total. The predicted octanol–water partition coefficient (Wildman–Crippen LogP) is 5.19. The van der Waals surface area contributed by atoms with Gasteiger partial charge in [-0.05, 0) is 69.9 Å². The van der Waals surface area contributed by atoms with Crippen LogP contribution in [-0.2, 0) is 6.42 Å². The third-order valence-electron chi connectivity index (χ3n) is 5.82. The Hall–Kier alpha value is -3.59. The molecule has 1 aliphatic rings. The molecule has 1 aliphatic heterocycles. The maximum Gasteiger partial charge on any atom is 0.269 e. The third kappa shape index (κ3) is 4.70. The zero-order valence-corrected chi connectivity index (χ0v) is 20.3. The van der Waals surface area contributed by atoms with Gasteiger partial charge in [-0.2, -0.15) is 0 Å². The van der Waals surface area contributed by atoms with Gasteiger partial charge in [0.05, 0.1) is 30.7 Å². The van der Waals surface area contributed by atoms with Crippen LogP contribution >= 0.6 is 15.9 Å². The molecule has 0 radical (unpaired) electrons. The molecular weight excluding hydrogens is 504 g/mol. The van der Waals surface area contributed by atoms with Crippen LogP contribution in [-0.4, -0.2) is 43.1 Å². The number of non-ortho nitro benzene ring substituents is 1. The second kappa shape index (κ2) is 10.1. The SMILES string of the molecule is COc1cc2c(cc1OC)[C@@H](COc1ccc([N+](=O)[O-])cc1)N(C(=O)c1ccccc1Br)CC2. The molecule has 0 aliphatic carbocycles. The van der Waals surface area contributed by atoms with Gasteiger partial charge in [0.25, 0.3) is 11.6 Å². The lowest BCUT2D eigenvalue weighted by Crippen LogP contribution is -2.42. The van der Waals surface area contributed by atoms with Gasteiger partial charge in [-0.15, -0.1) is 0 Å². The van der Waals surface area contributed by atoms with Gasteiger partial charge in [0, 0.05) is 23.2 Å². The summed E-state index contributed by atoms with van der Waals surface area (Å²) in [6.45, 7) is 0.660. The smallest absolute Gasteiger partial charge is 0.269 e. The van der Waals surface area contributed by atoms with Crippen LogP contribution in [0.4, 0.5) is 5.69 Å². The van der Waals surface area contributed by atoms with Gasteiger partial charge in [0.1, 0.15) is 12.4 Å². The molecule has 0 saturated heterocycles. The van der Waals surface area contributed by atoms with Gasteiger partial charge in [-0.1, -0.05) is 12.1 Å². The van der Waals surface area contributed by atoms with Crippen molar-refractivity contribution in [3.8, 4) is 17.2 Å². The van der Waals surface area contributed by atoms with E-state index in [1.807, 2.05) is 30.3 Å². The van der Waals surface area contributed by atoms with Gasteiger partial charge in [-0.3, -0.25) is 14.9 Å². The van der Waals surface area contributed by atoms with E-state index >= 15 is 0 Å². The first-order valence-corrected chi connectivity index (χ1v) is 11.4. The molecule has 0 aromatic heterocycles. The Morgan fingerprint density at radius 1 is 1.09 bits per heavy atom. The fraction of sp³-hybridized carbons (Fsp3) is 0.240. The van der Waals surface area contributed by atoms with Gasteiger partial charge in [-0.25, -0.2) is 0 Å². The fourth-order valence-corrected chi connectivity index (χ4v) is 4.53. The highest BCUT2D eigenvalue weighted by Crippen LogP contribution is 2.39. The first kappa shape index (κ1) is 23.6. The number of nitro benzene ring substituents is 1. The Balaban J connectivity index is 1.69. The van der Waals surface area contributed by atoms with Gasteiger partial charge in [0.15, 0.2) is 11.5 Å². The summed E-state index contributed by atoms with van der Waals surface area (Å²) >= 11 is 3.48. The monoisotopic (exact) mass is 526 g/mol. The molecule has 9 heteroatoms. The number of nitro groups is 1. The second-order valence-electron chi connectivity index (χ2n) is 7.71. The third-order valence-corrected chi connectivity index (χ3v) is 6.51. The minimum absolute atomic E-state index is 0.0158. The van der Waals surface area contributed by atoms with E-state index in [-0.39, 0.29) is 18.2 Å². The molecule has 0 saturated carbocycles. The van der Waals surface area contributed by atoms with E-state index in [4.69, 9.17) is 14.2 Å². The standard InChI is InChI=1S/C25H23BrN2O6/c1-32-23-13-16-11-12-27(25(29)19-5-3-4-6-21(19)26)22(20(16)14-24(23)33-2)15-34-18-9-7-17(8-10-18)28(30)31/h3-10,13-14,22H,11-12,15H2,1-2H3/t22-/m1/s1. The van der Waals surface area contributed by atoms with Crippen LogP contribution in [0, 0.1) is 10.1 Å². The zero-order valence-electron chi connectivity index (χ0n) is 18.7. The average molecular weight is 527 g/mol. The summed E-state index contributed by atoms with van der Waals surface area (Å²) < 4.78 is 17.7. The number of halogens is 1. The molecule has 1 atom stereocenters. The van der Waals surface area contributed by atoms with Crippen molar-refractivity contribution >= 4 is 27.5 Å². The highest BCUT2D eigenvalue weighted by molar-refractivity contribution is 9.10. The number of rotatable bonds is 7. The van der Waals surface area contributed by atoms with Crippen molar-refractivity contribution in [3.63, 3.8) is 0 Å². The van der Waals surface area contributed by atoms with Crippen molar-refractivity contribution in [2.24, 2.45) is 0 Å². The van der Waals surface area contributed by atoms with E-state index in [2.05, 4.69) is 15.9 Å². The molecule has 176 valence electrons. The lowest BCUT2D eigenvalue weighted by atomic mass is 9.91. The lowest BCUT2D eigenvalue weighted by molar-refractivity contribution is -0.384. The first-order valence-electron chi connectivity index (χ1n) is 10.6. The Morgan fingerprint density at radius 2 is 1.76 bits per heavy atom. The van der Waals surface area contributed by atoms with E-state index in [1.54, 1.807) is 37.3 Å². The van der Waals surface area contributed by atoms with Crippen molar-refractivity contribution in [3.05, 3.63) is 91.9 Å². The van der Waals surface area contributed by atoms with Crippen LogP contribution in [0.2, 0.25) is 0 Å². The minimum atomic E-state index is -0.459. The number of amides is 1. The molecule has 0 unspecified atom stereocenters. The van der Waals surface area contributed by atoms with Crippen LogP contribution in [0.25, 0.3) is 0 Å². The van der Waals surface area contributed by atoms with E-state index in [9.17, 15) is 14.9 Å². The second-order valence-corrected chi connectivity index (χ2v) is 8.57. The zero-order chi connectivity index (χ0) is 24.2. The molecule has 1 heterocycles. The predicted molar refractivity (Wildman–Crippen MR) is 130 cm³/mol. The summed E-state index contributed by atoms with van der Waals surface area (Å²) in [4.78, 5) is 25.8. The Labute approximate surface area is 205 Å². The number of nitrogens with zero attached hydrogens (tertiary/aromatic N) is 2. The number of hydrogen-bond acceptors (Lipinski definition) is 6. The topological polar surface area (TPSA) is 91.1 Å². The molecule has 1 amide bonds. The van der Waals surface area contributed by atoms with Crippen molar-refractivity contribution < 1.29 is 23.9 Å². The average Bonchev–Trinajstić information content (AvgIpc) is 2.86. The van der Waals surface area contributed by atoms with Crippen LogP contribution in [0.15, 0.2) is 65.1 Å². The Morgan fingerprint density at radius 3 is 2.41 bits per heavy atom. The molecule has 4 rings (SSSR count). The highest BCUT2D eigenvalue weighted by Gasteiger charge is 2.34. The van der Waals surface area contributed by atoms with Crippen LogP contribution in [0.1, 0.15) is 27.5 Å². The molecule has 0 spiro atoms. The van der Waals surface area contributed by atoms with Crippen molar-refractivity contribution in [1.29, 1.82) is 0 Å². The van der Waals surface area contributed by atoms with Gasteiger partial charge < -0.3 is 19.1 Å². The molecule has 3 aromatic rings. The maximum absolute atomic E-state index is 13.6. The summed E-state index contributed by atoms with van der Waals surface area (Å²) in [5.74, 6) is 1.55. The minimum Gasteiger partial charge on any atom is -0.493 e. The Bertz CT molecular complexity index is 1210. The number of ether oxygens (including phenoxy) is 3. The fourth-order valence-electron chi connectivity index (χ4n) is 4.08. The highest BCUT2D eigenvalue weighted by atomic mass is 79.9. The van der Waals surface area contributed by atoms with Gasteiger partial charge in [0.2, 0.25) is 0 Å². The van der Waals surface area contributed by atoms with E-state index < -0.39 is 11.0 Å². The van der Waals surface area contributed by atoms with Crippen molar-refractivity contribution in [2.75, 3.05) is 27.4 Å². The van der Waals surface area contributed by atoms with Crippen LogP contribution < -0.4 is 14.2 Å². The number of carbonyl (C=O) groups excluding carboxylic acids is 1. The summed E-state index contributed by atoms with van der Waals surface area (Å²) in [6, 6.07) is 16.6. The van der Waals surface area contributed by atoms with Gasteiger partial charge >= 0.3 is 0 Å². The molecule has 0 bridgehead atoms. The first-order chi connectivity index (χ1) is 16.4. The molecule has 0 fully saturated rings. The van der Waals surface area contributed by atoms with Crippen molar-refractivity contribution in [1.82, 2.24) is 4.90 Å². The number of hydrogen-bond donors (Lipinski definition) is 0. The number of fused-ring (bicyclic) bond motifs is 1. The van der Waals surface area contributed by atoms with Crippen LogP contribution in [0.3, 0.4) is 0 Å². The lowest BCUT2D eigenvalue weighted by Gasteiger charge is -2.38. The molecule has 8 nitrogen and oxygen atoms in total. The van der Waals surface area contributed by atoms with E-state index in [1.165, 1.54) is 12.1 Å². The normalized spacial score (nSPS) is 14.8. The summed E-state index contributed by atoms with van der Waals surface area (Å²) in [7, 11) is 3.16. The van der Waals surface area contributed by atoms with E-state index in [0.29, 0.717) is 40.3 Å². The number of methoxy groups -OCH3 is 2.